The molecule has 0 atom stereocenters. The van der Waals surface area contributed by atoms with E-state index in [9.17, 15) is 0 Å². The molecule has 0 spiro atoms. The van der Waals surface area contributed by atoms with Gasteiger partial charge in [0.25, 0.3) is 0 Å². The molecule has 0 fully saturated rings. The number of aryl methyl sites for hydroxylation is 1. The largest absolute Gasteiger partial charge is 0.330 e. The van der Waals surface area contributed by atoms with E-state index in [1.807, 2.05) is 18.2 Å². The van der Waals surface area contributed by atoms with Crippen LogP contribution >= 0.6 is 15.9 Å². The predicted octanol–water partition coefficient (Wildman–Crippen LogP) is 1.68. The predicted molar refractivity (Wildman–Crippen MR) is 62.4 cm³/mol. The summed E-state index contributed by atoms with van der Waals surface area (Å²) >= 11 is 3.38. The molecule has 0 aliphatic rings. The van der Waals surface area contributed by atoms with E-state index in [0.717, 1.165) is 34.2 Å². The van der Waals surface area contributed by atoms with E-state index in [1.165, 1.54) is 0 Å². The van der Waals surface area contributed by atoms with E-state index < -0.39 is 0 Å². The van der Waals surface area contributed by atoms with E-state index in [4.69, 9.17) is 5.73 Å². The molecule has 1 heterocycles. The van der Waals surface area contributed by atoms with Crippen LogP contribution in [0.5, 0.6) is 0 Å². The van der Waals surface area contributed by atoms with Crippen LogP contribution in [-0.2, 0) is 6.42 Å². The summed E-state index contributed by atoms with van der Waals surface area (Å²) in [5.41, 5.74) is 7.11. The maximum Gasteiger partial charge on any atom is 0.151 e. The standard InChI is InChI=1S/C10H11BrN4/c11-7-3-4-8-9(6-7)14-15-10(13-8)2-1-5-12/h3-4,6H,1-2,5,12H2. The van der Waals surface area contributed by atoms with Crippen molar-refractivity contribution in [3.63, 3.8) is 0 Å². The molecule has 0 bridgehead atoms. The molecular formula is C10H11BrN4. The first-order valence-electron chi connectivity index (χ1n) is 4.78. The molecule has 0 radical (unpaired) electrons. The summed E-state index contributed by atoms with van der Waals surface area (Å²) in [6.07, 6.45) is 1.68. The highest BCUT2D eigenvalue weighted by Crippen LogP contribution is 2.15. The van der Waals surface area contributed by atoms with Gasteiger partial charge in [0, 0.05) is 10.9 Å². The minimum absolute atomic E-state index is 0.654. The Hall–Kier alpha value is -1.07. The smallest absolute Gasteiger partial charge is 0.151 e. The van der Waals surface area contributed by atoms with Gasteiger partial charge in [-0.2, -0.15) is 0 Å². The topological polar surface area (TPSA) is 64.7 Å². The number of halogens is 1. The SMILES string of the molecule is NCCCc1nnc2cc(Br)ccc2n1. The first-order valence-corrected chi connectivity index (χ1v) is 5.58. The van der Waals surface area contributed by atoms with Crippen molar-refractivity contribution in [1.29, 1.82) is 0 Å². The Kier molecular flexibility index (Phi) is 3.23. The van der Waals surface area contributed by atoms with Crippen LogP contribution in [0.1, 0.15) is 12.2 Å². The highest BCUT2D eigenvalue weighted by molar-refractivity contribution is 9.10. The third kappa shape index (κ3) is 2.49. The van der Waals surface area contributed by atoms with E-state index in [1.54, 1.807) is 0 Å². The maximum atomic E-state index is 5.43. The van der Waals surface area contributed by atoms with E-state index in [0.29, 0.717) is 6.54 Å². The van der Waals surface area contributed by atoms with Crippen LogP contribution in [0.3, 0.4) is 0 Å². The Morgan fingerprint density at radius 2 is 2.07 bits per heavy atom. The van der Waals surface area contributed by atoms with E-state index >= 15 is 0 Å². The highest BCUT2D eigenvalue weighted by Gasteiger charge is 2.01. The highest BCUT2D eigenvalue weighted by atomic mass is 79.9. The van der Waals surface area contributed by atoms with Crippen molar-refractivity contribution in [2.75, 3.05) is 6.54 Å². The van der Waals surface area contributed by atoms with Gasteiger partial charge in [0.05, 0.1) is 5.52 Å². The van der Waals surface area contributed by atoms with Crippen LogP contribution < -0.4 is 5.73 Å². The maximum absolute atomic E-state index is 5.43. The number of nitrogens with two attached hydrogens (primary N) is 1. The molecule has 2 rings (SSSR count). The molecule has 0 unspecified atom stereocenters. The molecule has 2 aromatic rings. The van der Waals surface area contributed by atoms with Gasteiger partial charge < -0.3 is 5.73 Å². The first kappa shape index (κ1) is 10.4. The van der Waals surface area contributed by atoms with Crippen molar-refractivity contribution >= 4 is 27.0 Å². The van der Waals surface area contributed by atoms with Crippen molar-refractivity contribution in [1.82, 2.24) is 15.2 Å². The van der Waals surface area contributed by atoms with Crippen molar-refractivity contribution < 1.29 is 0 Å². The van der Waals surface area contributed by atoms with Gasteiger partial charge in [-0.25, -0.2) is 4.98 Å². The Morgan fingerprint density at radius 3 is 2.87 bits per heavy atom. The van der Waals surface area contributed by atoms with Gasteiger partial charge in [-0.15, -0.1) is 10.2 Å². The van der Waals surface area contributed by atoms with Gasteiger partial charge >= 0.3 is 0 Å². The van der Waals surface area contributed by atoms with E-state index in [-0.39, 0.29) is 0 Å². The van der Waals surface area contributed by atoms with Gasteiger partial charge in [-0.3, -0.25) is 0 Å². The lowest BCUT2D eigenvalue weighted by Crippen LogP contribution is -2.04. The molecule has 0 saturated carbocycles. The van der Waals surface area contributed by atoms with Crippen molar-refractivity contribution in [3.8, 4) is 0 Å². The lowest BCUT2D eigenvalue weighted by molar-refractivity contribution is 0.764. The summed E-state index contributed by atoms with van der Waals surface area (Å²) < 4.78 is 0.987. The molecule has 0 amide bonds. The second kappa shape index (κ2) is 4.63. The second-order valence-electron chi connectivity index (χ2n) is 3.25. The zero-order valence-electron chi connectivity index (χ0n) is 8.15. The summed E-state index contributed by atoms with van der Waals surface area (Å²) in [5, 5.41) is 8.16. The summed E-state index contributed by atoms with van der Waals surface area (Å²) in [7, 11) is 0. The van der Waals surface area contributed by atoms with Crippen molar-refractivity contribution in [2.24, 2.45) is 5.73 Å². The zero-order chi connectivity index (χ0) is 10.7. The normalized spacial score (nSPS) is 10.8. The fourth-order valence-corrected chi connectivity index (χ4v) is 1.66. The van der Waals surface area contributed by atoms with Crippen molar-refractivity contribution in [3.05, 3.63) is 28.5 Å². The minimum Gasteiger partial charge on any atom is -0.330 e. The number of hydrogen-bond donors (Lipinski definition) is 1. The fourth-order valence-electron chi connectivity index (χ4n) is 1.31. The molecule has 0 aliphatic heterocycles. The third-order valence-corrected chi connectivity index (χ3v) is 2.56. The monoisotopic (exact) mass is 266 g/mol. The van der Waals surface area contributed by atoms with Crippen molar-refractivity contribution in [2.45, 2.75) is 12.8 Å². The molecule has 2 N–H and O–H groups in total. The van der Waals surface area contributed by atoms with Gasteiger partial charge in [-0.05, 0) is 31.2 Å². The number of benzene rings is 1. The first-order chi connectivity index (χ1) is 7.29. The second-order valence-corrected chi connectivity index (χ2v) is 4.17. The summed E-state index contributed by atoms with van der Waals surface area (Å²) in [5.74, 6) is 0.760. The van der Waals surface area contributed by atoms with Crippen LogP contribution in [0, 0.1) is 0 Å². The van der Waals surface area contributed by atoms with Gasteiger partial charge in [-0.1, -0.05) is 15.9 Å². The van der Waals surface area contributed by atoms with Crippen LogP contribution in [0.4, 0.5) is 0 Å². The summed E-state index contributed by atoms with van der Waals surface area (Å²) in [6, 6.07) is 5.78. The van der Waals surface area contributed by atoms with E-state index in [2.05, 4.69) is 31.1 Å². The molecule has 1 aromatic heterocycles. The average molecular weight is 267 g/mol. The number of aromatic nitrogens is 3. The minimum atomic E-state index is 0.654. The molecule has 0 saturated heterocycles. The fraction of sp³-hybridized carbons (Fsp3) is 0.300. The number of rotatable bonds is 3. The quantitative estimate of drug-likeness (QED) is 0.918. The lowest BCUT2D eigenvalue weighted by atomic mass is 10.3. The molecule has 4 nitrogen and oxygen atoms in total. The Morgan fingerprint density at radius 1 is 1.20 bits per heavy atom. The number of nitrogens with zero attached hydrogens (tertiary/aromatic N) is 3. The van der Waals surface area contributed by atoms with Crippen LogP contribution in [0.15, 0.2) is 22.7 Å². The van der Waals surface area contributed by atoms with Gasteiger partial charge in [0.2, 0.25) is 0 Å². The Balaban J connectivity index is 2.34. The number of hydrogen-bond acceptors (Lipinski definition) is 4. The lowest BCUT2D eigenvalue weighted by Gasteiger charge is -2.00. The third-order valence-electron chi connectivity index (χ3n) is 2.06. The van der Waals surface area contributed by atoms with Gasteiger partial charge in [0.15, 0.2) is 5.82 Å². The Bertz CT molecular complexity index is 472. The molecule has 15 heavy (non-hydrogen) atoms. The molecular weight excluding hydrogens is 256 g/mol. The summed E-state index contributed by atoms with van der Waals surface area (Å²) in [6.45, 7) is 0.654. The molecule has 0 aliphatic carbocycles. The average Bonchev–Trinajstić information content (AvgIpc) is 2.26. The van der Waals surface area contributed by atoms with Crippen LogP contribution in [0.2, 0.25) is 0 Å². The zero-order valence-corrected chi connectivity index (χ0v) is 9.74. The Labute approximate surface area is 96.0 Å². The van der Waals surface area contributed by atoms with Crippen LogP contribution in [-0.4, -0.2) is 21.7 Å². The summed E-state index contributed by atoms with van der Waals surface area (Å²) in [4.78, 5) is 4.40. The molecule has 5 heteroatoms. The van der Waals surface area contributed by atoms with Gasteiger partial charge in [0.1, 0.15) is 5.52 Å². The van der Waals surface area contributed by atoms with Crippen LogP contribution in [0.25, 0.3) is 11.0 Å². The molecule has 1 aromatic carbocycles. The number of fused-ring (bicyclic) bond motifs is 1. The molecule has 78 valence electrons.